The van der Waals surface area contributed by atoms with Gasteiger partial charge in [-0.25, -0.2) is 4.21 Å². The Hall–Kier alpha value is -2.17. The van der Waals surface area contributed by atoms with Crippen LogP contribution in [0, 0.1) is 11.3 Å². The van der Waals surface area contributed by atoms with Gasteiger partial charge in [0.2, 0.25) is 0 Å². The van der Waals surface area contributed by atoms with Gasteiger partial charge >= 0.3 is 0 Å². The Morgan fingerprint density at radius 2 is 2.00 bits per heavy atom. The van der Waals surface area contributed by atoms with Crippen LogP contribution in [-0.4, -0.2) is 33.3 Å². The van der Waals surface area contributed by atoms with Crippen LogP contribution < -0.4 is 4.74 Å². The van der Waals surface area contributed by atoms with E-state index in [2.05, 4.69) is 27.5 Å². The zero-order valence-corrected chi connectivity index (χ0v) is 16.4. The molecule has 0 N–H and O–H groups in total. The van der Waals surface area contributed by atoms with Gasteiger partial charge in [-0.2, -0.15) is 9.66 Å². The second kappa shape index (κ2) is 6.47. The topological polar surface area (TPSA) is 65.7 Å². The van der Waals surface area contributed by atoms with E-state index in [4.69, 9.17) is 10.00 Å². The third-order valence-corrected chi connectivity index (χ3v) is 7.74. The van der Waals surface area contributed by atoms with Crippen LogP contribution in [0.5, 0.6) is 10.8 Å². The predicted molar refractivity (Wildman–Crippen MR) is 107 cm³/mol. The van der Waals surface area contributed by atoms with Crippen molar-refractivity contribution < 1.29 is 8.95 Å². The minimum Gasteiger partial charge on any atom is -0.447 e. The van der Waals surface area contributed by atoms with Gasteiger partial charge < -0.3 is 9.64 Å². The summed E-state index contributed by atoms with van der Waals surface area (Å²) in [5.41, 5.74) is 1.12. The SMILES string of the molecule is N#Cc1ccc(Oc2ccc(C34CCC(CC3)N3CCS(=O)N=C34)cc2)s1. The number of hydrogen-bond acceptors (Lipinski definition) is 5. The van der Waals surface area contributed by atoms with Crippen LogP contribution in [0.2, 0.25) is 0 Å². The molecule has 1 atom stereocenters. The van der Waals surface area contributed by atoms with Gasteiger partial charge in [-0.3, -0.25) is 0 Å². The molecule has 1 aromatic carbocycles. The van der Waals surface area contributed by atoms with Gasteiger partial charge in [0.05, 0.1) is 11.2 Å². The number of amidine groups is 1. The number of nitriles is 1. The third-order valence-electron chi connectivity index (χ3n) is 5.96. The summed E-state index contributed by atoms with van der Waals surface area (Å²) in [5, 5.41) is 9.65. The van der Waals surface area contributed by atoms with E-state index in [9.17, 15) is 4.21 Å². The van der Waals surface area contributed by atoms with E-state index >= 15 is 0 Å². The molecule has 2 saturated heterocycles. The Kier molecular flexibility index (Phi) is 4.06. The second-order valence-corrected chi connectivity index (χ2v) is 9.58. The van der Waals surface area contributed by atoms with Gasteiger partial charge in [0.25, 0.3) is 0 Å². The van der Waals surface area contributed by atoms with Crippen molar-refractivity contribution in [3.63, 3.8) is 0 Å². The van der Waals surface area contributed by atoms with Crippen molar-refractivity contribution in [3.8, 4) is 16.9 Å². The quantitative estimate of drug-likeness (QED) is 0.786. The fourth-order valence-electron chi connectivity index (χ4n) is 4.64. The van der Waals surface area contributed by atoms with Crippen LogP contribution in [-0.2, 0) is 16.4 Å². The normalized spacial score (nSPS) is 29.0. The molecule has 0 spiro atoms. The zero-order valence-electron chi connectivity index (χ0n) is 14.8. The Balaban J connectivity index is 1.45. The number of thiophene rings is 1. The highest BCUT2D eigenvalue weighted by Gasteiger charge is 2.51. The van der Waals surface area contributed by atoms with Crippen LogP contribution >= 0.6 is 11.3 Å². The largest absolute Gasteiger partial charge is 0.447 e. The average Bonchev–Trinajstić information content (AvgIpc) is 3.17. The van der Waals surface area contributed by atoms with Crippen LogP contribution in [0.3, 0.4) is 0 Å². The molecule has 1 aromatic heterocycles. The smallest absolute Gasteiger partial charge is 0.182 e. The van der Waals surface area contributed by atoms with Crippen LogP contribution in [0.4, 0.5) is 0 Å². The molecule has 1 unspecified atom stereocenters. The van der Waals surface area contributed by atoms with E-state index in [0.29, 0.717) is 21.7 Å². The van der Waals surface area contributed by atoms with Crippen molar-refractivity contribution in [2.45, 2.75) is 37.1 Å². The van der Waals surface area contributed by atoms with E-state index in [0.717, 1.165) is 31.0 Å². The van der Waals surface area contributed by atoms with Crippen molar-refractivity contribution >= 4 is 28.2 Å². The number of ether oxygens (including phenoxy) is 1. The second-order valence-electron chi connectivity index (χ2n) is 7.30. The van der Waals surface area contributed by atoms with Gasteiger partial charge in [-0.05, 0) is 55.5 Å². The summed E-state index contributed by atoms with van der Waals surface area (Å²) in [6.07, 6.45) is 4.49. The average molecular weight is 398 g/mol. The highest BCUT2D eigenvalue weighted by atomic mass is 32.2. The first-order chi connectivity index (χ1) is 13.2. The summed E-state index contributed by atoms with van der Waals surface area (Å²) >= 11 is 1.34. The molecule has 3 fully saturated rings. The lowest BCUT2D eigenvalue weighted by Gasteiger charge is -2.55. The van der Waals surface area contributed by atoms with E-state index < -0.39 is 11.0 Å². The van der Waals surface area contributed by atoms with E-state index in [1.54, 1.807) is 6.07 Å². The monoisotopic (exact) mass is 397 g/mol. The molecule has 7 heteroatoms. The van der Waals surface area contributed by atoms with Crippen LogP contribution in [0.25, 0.3) is 0 Å². The maximum atomic E-state index is 12.1. The number of fused-ring (bicyclic) bond motifs is 2. The Bertz CT molecular complexity index is 966. The van der Waals surface area contributed by atoms with Crippen molar-refractivity contribution in [3.05, 3.63) is 46.8 Å². The first-order valence-electron chi connectivity index (χ1n) is 9.21. The van der Waals surface area contributed by atoms with E-state index in [1.807, 2.05) is 18.2 Å². The lowest BCUT2D eigenvalue weighted by atomic mass is 9.63. The molecule has 6 rings (SSSR count). The van der Waals surface area contributed by atoms with Gasteiger partial charge in [0.1, 0.15) is 33.5 Å². The van der Waals surface area contributed by atoms with Gasteiger partial charge in [-0.15, -0.1) is 0 Å². The molecule has 1 aliphatic carbocycles. The van der Waals surface area contributed by atoms with Gasteiger partial charge in [0, 0.05) is 12.6 Å². The molecule has 4 aliphatic rings. The molecule has 138 valence electrons. The number of hydrogen-bond donors (Lipinski definition) is 0. The standard InChI is InChI=1S/C20H19N3O2S2/c21-13-17-5-6-18(26-17)25-16-3-1-14(2-4-16)20-9-7-15(8-10-20)23-11-12-27(24)22-19(20)23/h1-6,15H,7-12H2. The number of benzene rings is 1. The van der Waals surface area contributed by atoms with Crippen LogP contribution in [0.1, 0.15) is 36.1 Å². The summed E-state index contributed by atoms with van der Waals surface area (Å²) in [6.45, 7) is 0.860. The Morgan fingerprint density at radius 1 is 1.22 bits per heavy atom. The number of rotatable bonds is 3. The minimum absolute atomic E-state index is 0.111. The van der Waals surface area contributed by atoms with Crippen molar-refractivity contribution in [1.29, 1.82) is 5.26 Å². The number of piperidine rings is 2. The lowest BCUT2D eigenvalue weighted by molar-refractivity contribution is 0.152. The molecule has 1 saturated carbocycles. The molecule has 2 bridgehead atoms. The lowest BCUT2D eigenvalue weighted by Crippen LogP contribution is -2.62. The highest BCUT2D eigenvalue weighted by molar-refractivity contribution is 7.83. The molecular formula is C20H19N3O2S2. The summed E-state index contributed by atoms with van der Waals surface area (Å²) in [5.74, 6) is 2.45. The molecule has 5 nitrogen and oxygen atoms in total. The van der Waals surface area contributed by atoms with Gasteiger partial charge in [0.15, 0.2) is 5.06 Å². The first-order valence-corrected chi connectivity index (χ1v) is 11.3. The zero-order chi connectivity index (χ0) is 18.4. The molecule has 2 aromatic rings. The summed E-state index contributed by atoms with van der Waals surface area (Å²) in [4.78, 5) is 3.05. The van der Waals surface area contributed by atoms with Gasteiger partial charge in [-0.1, -0.05) is 23.5 Å². The molecule has 0 amide bonds. The molecule has 3 aliphatic heterocycles. The molecule has 27 heavy (non-hydrogen) atoms. The summed E-state index contributed by atoms with van der Waals surface area (Å²) in [7, 11) is -1.09. The van der Waals surface area contributed by atoms with Crippen molar-refractivity contribution in [1.82, 2.24) is 4.90 Å². The summed E-state index contributed by atoms with van der Waals surface area (Å²) < 4.78 is 22.6. The highest BCUT2D eigenvalue weighted by Crippen LogP contribution is 2.49. The third kappa shape index (κ3) is 2.79. The first kappa shape index (κ1) is 17.0. The van der Waals surface area contributed by atoms with E-state index in [-0.39, 0.29) is 5.41 Å². The molecule has 4 heterocycles. The maximum absolute atomic E-state index is 12.1. The maximum Gasteiger partial charge on any atom is 0.182 e. The number of nitrogens with zero attached hydrogens (tertiary/aromatic N) is 3. The minimum atomic E-state index is -1.09. The molecular weight excluding hydrogens is 378 g/mol. The summed E-state index contributed by atoms with van der Waals surface area (Å²) in [6, 6.07) is 14.5. The van der Waals surface area contributed by atoms with Crippen molar-refractivity contribution in [2.24, 2.45) is 4.40 Å². The Labute approximate surface area is 164 Å². The predicted octanol–water partition coefficient (Wildman–Crippen LogP) is 3.98. The molecule has 0 radical (unpaired) electrons. The Morgan fingerprint density at radius 3 is 2.70 bits per heavy atom. The van der Waals surface area contributed by atoms with Crippen LogP contribution in [0.15, 0.2) is 40.8 Å². The fraction of sp³-hybridized carbons (Fsp3) is 0.400. The van der Waals surface area contributed by atoms with Crippen molar-refractivity contribution in [2.75, 3.05) is 12.3 Å². The fourth-order valence-corrected chi connectivity index (χ4v) is 6.23. The van der Waals surface area contributed by atoms with E-state index in [1.165, 1.54) is 29.7 Å².